The summed E-state index contributed by atoms with van der Waals surface area (Å²) in [6, 6.07) is 0. The summed E-state index contributed by atoms with van der Waals surface area (Å²) in [6.07, 6.45) is 1.64. The van der Waals surface area contributed by atoms with Crippen molar-refractivity contribution in [2.75, 3.05) is 0 Å². The molecule has 0 spiro atoms. The van der Waals surface area contributed by atoms with E-state index in [9.17, 15) is 8.78 Å². The van der Waals surface area contributed by atoms with Crippen LogP contribution < -0.4 is 0 Å². The highest BCUT2D eigenvalue weighted by molar-refractivity contribution is 5.13. The van der Waals surface area contributed by atoms with E-state index in [2.05, 4.69) is 6.58 Å². The van der Waals surface area contributed by atoms with Crippen LogP contribution in [0.2, 0.25) is 0 Å². The molecular formula is C6H8F2. The van der Waals surface area contributed by atoms with Gasteiger partial charge in [-0.3, -0.25) is 0 Å². The molecule has 0 radical (unpaired) electrons. The Morgan fingerprint density at radius 3 is 2.25 bits per heavy atom. The summed E-state index contributed by atoms with van der Waals surface area (Å²) in [5, 5.41) is 0. The zero-order chi connectivity index (χ0) is 6.57. The molecule has 0 heterocycles. The summed E-state index contributed by atoms with van der Waals surface area (Å²) in [7, 11) is 0. The molecule has 0 aliphatic heterocycles. The van der Waals surface area contributed by atoms with Gasteiger partial charge in [-0.25, -0.2) is 8.78 Å². The second kappa shape index (κ2) is 3.36. The van der Waals surface area contributed by atoms with Crippen molar-refractivity contribution in [1.82, 2.24) is 0 Å². The molecule has 0 nitrogen and oxygen atoms in total. The number of hydrogen-bond donors (Lipinski definition) is 0. The van der Waals surface area contributed by atoms with E-state index in [4.69, 9.17) is 0 Å². The van der Waals surface area contributed by atoms with E-state index in [1.165, 1.54) is 0 Å². The van der Waals surface area contributed by atoms with Gasteiger partial charge in [-0.05, 0) is 12.5 Å². The van der Waals surface area contributed by atoms with E-state index >= 15 is 0 Å². The van der Waals surface area contributed by atoms with Gasteiger partial charge in [0.1, 0.15) is 0 Å². The van der Waals surface area contributed by atoms with Crippen LogP contribution in [-0.2, 0) is 0 Å². The Bertz CT molecular complexity index is 114. The zero-order valence-corrected chi connectivity index (χ0v) is 4.75. The van der Waals surface area contributed by atoms with E-state index in [1.54, 1.807) is 6.92 Å². The van der Waals surface area contributed by atoms with Crippen LogP contribution in [0.3, 0.4) is 0 Å². The monoisotopic (exact) mass is 118 g/mol. The van der Waals surface area contributed by atoms with Crippen molar-refractivity contribution in [2.24, 2.45) is 0 Å². The average Bonchev–Trinajstić information content (AvgIpc) is 1.67. The largest absolute Gasteiger partial charge is 0.204 e. The van der Waals surface area contributed by atoms with Gasteiger partial charge in [-0.15, -0.1) is 0 Å². The van der Waals surface area contributed by atoms with Gasteiger partial charge in [0.2, 0.25) is 0 Å². The fourth-order valence-electron chi connectivity index (χ4n) is 0.290. The molecule has 0 unspecified atom stereocenters. The van der Waals surface area contributed by atoms with Crippen LogP contribution >= 0.6 is 0 Å². The Morgan fingerprint density at radius 1 is 1.62 bits per heavy atom. The third kappa shape index (κ3) is 2.50. The highest BCUT2D eigenvalue weighted by atomic mass is 19.2. The predicted molar refractivity (Wildman–Crippen MR) is 29.7 cm³/mol. The first-order valence-corrected chi connectivity index (χ1v) is 2.39. The van der Waals surface area contributed by atoms with E-state index in [0.29, 0.717) is 6.42 Å². The fraction of sp³-hybridized carbons (Fsp3) is 0.333. The normalized spacial score (nSPS) is 11.6. The summed E-state index contributed by atoms with van der Waals surface area (Å²) in [5.74, 6) is -1.85. The van der Waals surface area contributed by atoms with Gasteiger partial charge in [0, 0.05) is 0 Å². The zero-order valence-electron chi connectivity index (χ0n) is 4.75. The maximum Gasteiger partial charge on any atom is 0.154 e. The van der Waals surface area contributed by atoms with E-state index in [1.807, 2.05) is 0 Å². The van der Waals surface area contributed by atoms with Crippen LogP contribution in [0.25, 0.3) is 0 Å². The van der Waals surface area contributed by atoms with Crippen molar-refractivity contribution in [2.45, 2.75) is 13.3 Å². The van der Waals surface area contributed by atoms with Crippen molar-refractivity contribution in [3.05, 3.63) is 24.3 Å². The van der Waals surface area contributed by atoms with Gasteiger partial charge in [0.05, 0.1) is 0 Å². The quantitative estimate of drug-likeness (QED) is 0.489. The molecule has 0 atom stereocenters. The molecule has 0 aliphatic carbocycles. The fourth-order valence-corrected chi connectivity index (χ4v) is 0.290. The smallest absolute Gasteiger partial charge is 0.154 e. The Hall–Kier alpha value is -0.660. The lowest BCUT2D eigenvalue weighted by Crippen LogP contribution is -1.69. The van der Waals surface area contributed by atoms with Crippen molar-refractivity contribution < 1.29 is 8.78 Å². The summed E-state index contributed by atoms with van der Waals surface area (Å²) >= 11 is 0. The molecule has 0 saturated heterocycles. The predicted octanol–water partition coefficient (Wildman–Crippen LogP) is 2.73. The van der Waals surface area contributed by atoms with Crippen molar-refractivity contribution in [1.29, 1.82) is 0 Å². The summed E-state index contributed by atoms with van der Waals surface area (Å²) < 4.78 is 23.6. The Balaban J connectivity index is 3.80. The molecule has 0 aromatic heterocycles. The molecule has 0 saturated carbocycles. The molecule has 0 rings (SSSR count). The van der Waals surface area contributed by atoms with Gasteiger partial charge in [-0.2, -0.15) is 0 Å². The van der Waals surface area contributed by atoms with Gasteiger partial charge in [-0.1, -0.05) is 13.5 Å². The SMILES string of the molecule is C=C(F)/C(F)=C\CC. The minimum atomic E-state index is -0.994. The molecule has 2 heteroatoms. The molecule has 0 N–H and O–H groups in total. The molecular weight excluding hydrogens is 110 g/mol. The summed E-state index contributed by atoms with van der Waals surface area (Å²) in [6.45, 7) is 4.49. The first-order chi connectivity index (χ1) is 3.68. The molecule has 8 heavy (non-hydrogen) atoms. The molecule has 0 aliphatic rings. The third-order valence-corrected chi connectivity index (χ3v) is 0.642. The highest BCUT2D eigenvalue weighted by Gasteiger charge is 1.94. The van der Waals surface area contributed by atoms with Crippen LogP contribution in [0.1, 0.15) is 13.3 Å². The molecule has 0 aromatic rings. The van der Waals surface area contributed by atoms with Crippen LogP contribution in [0, 0.1) is 0 Å². The Morgan fingerprint density at radius 2 is 2.12 bits per heavy atom. The van der Waals surface area contributed by atoms with Crippen LogP contribution in [0.4, 0.5) is 8.78 Å². The number of hydrogen-bond acceptors (Lipinski definition) is 0. The van der Waals surface area contributed by atoms with Crippen molar-refractivity contribution in [3.63, 3.8) is 0 Å². The van der Waals surface area contributed by atoms with Crippen molar-refractivity contribution in [3.8, 4) is 0 Å². The van der Waals surface area contributed by atoms with Crippen molar-refractivity contribution >= 4 is 0 Å². The minimum absolute atomic E-state index is 0.495. The second-order valence-electron chi connectivity index (χ2n) is 1.37. The number of halogens is 2. The van der Waals surface area contributed by atoms with Crippen LogP contribution in [-0.4, -0.2) is 0 Å². The van der Waals surface area contributed by atoms with Gasteiger partial charge < -0.3 is 0 Å². The van der Waals surface area contributed by atoms with E-state index in [-0.39, 0.29) is 0 Å². The van der Waals surface area contributed by atoms with E-state index < -0.39 is 11.7 Å². The molecule has 0 amide bonds. The Kier molecular flexibility index (Phi) is 3.08. The molecule has 46 valence electrons. The topological polar surface area (TPSA) is 0 Å². The van der Waals surface area contributed by atoms with Crippen LogP contribution in [0.15, 0.2) is 24.3 Å². The second-order valence-corrected chi connectivity index (χ2v) is 1.37. The first kappa shape index (κ1) is 7.34. The van der Waals surface area contributed by atoms with Crippen LogP contribution in [0.5, 0.6) is 0 Å². The molecule has 0 fully saturated rings. The van der Waals surface area contributed by atoms with Gasteiger partial charge in [0.15, 0.2) is 11.7 Å². The minimum Gasteiger partial charge on any atom is -0.204 e. The maximum atomic E-state index is 11.9. The van der Waals surface area contributed by atoms with Gasteiger partial charge in [0.25, 0.3) is 0 Å². The first-order valence-electron chi connectivity index (χ1n) is 2.39. The van der Waals surface area contributed by atoms with Gasteiger partial charge >= 0.3 is 0 Å². The number of allylic oxidation sites excluding steroid dienone is 3. The lowest BCUT2D eigenvalue weighted by Gasteiger charge is -1.85. The Labute approximate surface area is 47.5 Å². The van der Waals surface area contributed by atoms with E-state index in [0.717, 1.165) is 6.08 Å². The lowest BCUT2D eigenvalue weighted by molar-refractivity contribution is 0.545. The maximum absolute atomic E-state index is 11.9. The summed E-state index contributed by atoms with van der Waals surface area (Å²) in [5.41, 5.74) is 0. The number of rotatable bonds is 2. The lowest BCUT2D eigenvalue weighted by atomic mass is 10.4. The standard InChI is InChI=1S/C6H8F2/c1-3-4-6(8)5(2)7/h4H,2-3H2,1H3/b6-4+. The molecule has 0 aromatic carbocycles. The summed E-state index contributed by atoms with van der Waals surface area (Å²) in [4.78, 5) is 0. The molecule has 0 bridgehead atoms. The highest BCUT2D eigenvalue weighted by Crippen LogP contribution is 2.09. The third-order valence-electron chi connectivity index (χ3n) is 0.642. The average molecular weight is 118 g/mol.